The van der Waals surface area contributed by atoms with E-state index in [9.17, 15) is 4.79 Å². The third kappa shape index (κ3) is 5.74. The molecule has 0 spiro atoms. The minimum Gasteiger partial charge on any atom is -0.457 e. The van der Waals surface area contributed by atoms with E-state index in [2.05, 4.69) is 31.3 Å². The van der Waals surface area contributed by atoms with Crippen molar-refractivity contribution in [3.63, 3.8) is 0 Å². The van der Waals surface area contributed by atoms with Crippen LogP contribution < -0.4 is 15.4 Å². The van der Waals surface area contributed by atoms with E-state index < -0.39 is 0 Å². The van der Waals surface area contributed by atoms with Crippen LogP contribution in [0.5, 0.6) is 11.5 Å². The van der Waals surface area contributed by atoms with E-state index >= 15 is 0 Å². The van der Waals surface area contributed by atoms with Gasteiger partial charge >= 0.3 is 0 Å². The van der Waals surface area contributed by atoms with Gasteiger partial charge in [0.2, 0.25) is 5.82 Å². The van der Waals surface area contributed by atoms with Crippen LogP contribution in [0.2, 0.25) is 0 Å². The fraction of sp³-hybridized carbons (Fsp3) is 0.130. The smallest absolute Gasteiger partial charge is 0.251 e. The summed E-state index contributed by atoms with van der Waals surface area (Å²) in [6.07, 6.45) is 0. The molecule has 0 aliphatic heterocycles. The molecule has 3 N–H and O–H groups in total. The molecule has 1 aromatic heterocycles. The van der Waals surface area contributed by atoms with Gasteiger partial charge in [-0.25, -0.2) is 0 Å². The number of amides is 1. The molecule has 0 aliphatic rings. The zero-order chi connectivity index (χ0) is 21.3. The van der Waals surface area contributed by atoms with Crippen molar-refractivity contribution in [2.24, 2.45) is 0 Å². The molecule has 1 heterocycles. The molecule has 8 nitrogen and oxygen atoms in total. The highest BCUT2D eigenvalue weighted by atomic mass is 16.5. The van der Waals surface area contributed by atoms with E-state index in [0.29, 0.717) is 31.0 Å². The lowest BCUT2D eigenvalue weighted by Gasteiger charge is -2.09. The lowest BCUT2D eigenvalue weighted by molar-refractivity contribution is 0.0954. The molecule has 31 heavy (non-hydrogen) atoms. The Labute approximate surface area is 179 Å². The van der Waals surface area contributed by atoms with Crippen molar-refractivity contribution in [3.05, 3.63) is 90.0 Å². The van der Waals surface area contributed by atoms with E-state index in [1.54, 1.807) is 18.2 Å². The number of ether oxygens (including phenoxy) is 1. The highest BCUT2D eigenvalue weighted by Crippen LogP contribution is 2.21. The molecule has 156 valence electrons. The maximum absolute atomic E-state index is 12.4. The summed E-state index contributed by atoms with van der Waals surface area (Å²) < 4.78 is 5.80. The number of benzene rings is 3. The van der Waals surface area contributed by atoms with Gasteiger partial charge in [-0.1, -0.05) is 42.5 Å². The monoisotopic (exact) mass is 414 g/mol. The summed E-state index contributed by atoms with van der Waals surface area (Å²) in [5.74, 6) is 1.92. The Morgan fingerprint density at radius 2 is 1.71 bits per heavy atom. The summed E-state index contributed by atoms with van der Waals surface area (Å²) in [4.78, 5) is 12.4. The predicted molar refractivity (Wildman–Crippen MR) is 117 cm³/mol. The number of para-hydroxylation sites is 1. The van der Waals surface area contributed by atoms with Gasteiger partial charge < -0.3 is 15.4 Å². The van der Waals surface area contributed by atoms with Crippen molar-refractivity contribution in [1.29, 1.82) is 0 Å². The van der Waals surface area contributed by atoms with Crippen molar-refractivity contribution in [2.45, 2.75) is 6.54 Å². The van der Waals surface area contributed by atoms with E-state index in [-0.39, 0.29) is 5.91 Å². The van der Waals surface area contributed by atoms with Gasteiger partial charge in [-0.2, -0.15) is 5.21 Å². The van der Waals surface area contributed by atoms with E-state index in [0.717, 1.165) is 22.6 Å². The third-order valence-corrected chi connectivity index (χ3v) is 4.55. The standard InChI is InChI=1S/C23H22N6O2/c30-23(19-6-4-5-18(15-19)22-26-28-29-27-22)25-14-13-24-16-17-9-11-21(12-10-17)31-20-7-2-1-3-8-20/h1-12,15,24H,13-14,16H2,(H,25,30)(H,26,27,28,29). The van der Waals surface area contributed by atoms with E-state index in [4.69, 9.17) is 4.74 Å². The first-order valence-electron chi connectivity index (χ1n) is 9.92. The molecule has 0 saturated carbocycles. The molecule has 3 aromatic carbocycles. The van der Waals surface area contributed by atoms with Crippen LogP contribution in [0.4, 0.5) is 0 Å². The van der Waals surface area contributed by atoms with Gasteiger partial charge in [0, 0.05) is 30.8 Å². The second-order valence-electron chi connectivity index (χ2n) is 6.81. The summed E-state index contributed by atoms with van der Waals surface area (Å²) in [5.41, 5.74) is 2.43. The average Bonchev–Trinajstić information content (AvgIpc) is 3.36. The Bertz CT molecular complexity index is 1100. The van der Waals surface area contributed by atoms with Crippen molar-refractivity contribution in [1.82, 2.24) is 31.3 Å². The molecule has 0 aliphatic carbocycles. The summed E-state index contributed by atoms with van der Waals surface area (Å²) in [7, 11) is 0. The molecular formula is C23H22N6O2. The number of carbonyl (C=O) groups excluding carboxylic acids is 1. The van der Waals surface area contributed by atoms with Crippen molar-refractivity contribution < 1.29 is 9.53 Å². The molecule has 0 radical (unpaired) electrons. The normalized spacial score (nSPS) is 10.6. The molecule has 4 rings (SSSR count). The quantitative estimate of drug-likeness (QED) is 0.363. The largest absolute Gasteiger partial charge is 0.457 e. The van der Waals surface area contributed by atoms with Crippen LogP contribution in [-0.4, -0.2) is 39.6 Å². The van der Waals surface area contributed by atoms with Gasteiger partial charge in [0.25, 0.3) is 5.91 Å². The van der Waals surface area contributed by atoms with Gasteiger partial charge in [-0.3, -0.25) is 4.79 Å². The fourth-order valence-electron chi connectivity index (χ4n) is 2.98. The summed E-state index contributed by atoms with van der Waals surface area (Å²) >= 11 is 0. The first-order chi connectivity index (χ1) is 15.3. The number of carbonyl (C=O) groups is 1. The second kappa shape index (κ2) is 10.1. The van der Waals surface area contributed by atoms with Crippen molar-refractivity contribution in [3.8, 4) is 22.9 Å². The SMILES string of the molecule is O=C(NCCNCc1ccc(Oc2ccccc2)cc1)c1cccc(-c2nn[nH]n2)c1. The molecule has 1 amide bonds. The van der Waals surface area contributed by atoms with Crippen LogP contribution in [0.1, 0.15) is 15.9 Å². The maximum atomic E-state index is 12.4. The molecule has 0 fully saturated rings. The number of aromatic nitrogens is 4. The Morgan fingerprint density at radius 1 is 0.903 bits per heavy atom. The molecular weight excluding hydrogens is 392 g/mol. The predicted octanol–water partition coefficient (Wildman–Crippen LogP) is 3.18. The number of tetrazole rings is 1. The van der Waals surface area contributed by atoms with E-state index in [1.165, 1.54) is 0 Å². The number of hydrogen-bond donors (Lipinski definition) is 3. The third-order valence-electron chi connectivity index (χ3n) is 4.55. The summed E-state index contributed by atoms with van der Waals surface area (Å²) in [6, 6.07) is 24.7. The highest BCUT2D eigenvalue weighted by molar-refractivity contribution is 5.95. The first kappa shape index (κ1) is 20.2. The molecule has 0 atom stereocenters. The van der Waals surface area contributed by atoms with Crippen LogP contribution in [0.15, 0.2) is 78.9 Å². The zero-order valence-corrected chi connectivity index (χ0v) is 16.8. The van der Waals surface area contributed by atoms with Gasteiger partial charge in [0.15, 0.2) is 0 Å². The average molecular weight is 414 g/mol. The Balaban J connectivity index is 1.19. The molecule has 0 unspecified atom stereocenters. The Hall–Kier alpha value is -4.04. The molecule has 0 saturated heterocycles. The second-order valence-corrected chi connectivity index (χ2v) is 6.81. The van der Waals surface area contributed by atoms with Crippen LogP contribution in [0.3, 0.4) is 0 Å². The topological polar surface area (TPSA) is 105 Å². The van der Waals surface area contributed by atoms with Gasteiger partial charge in [0.1, 0.15) is 11.5 Å². The highest BCUT2D eigenvalue weighted by Gasteiger charge is 2.08. The van der Waals surface area contributed by atoms with Crippen LogP contribution in [-0.2, 0) is 6.54 Å². The molecule has 8 heteroatoms. The number of nitrogens with zero attached hydrogens (tertiary/aromatic N) is 3. The van der Waals surface area contributed by atoms with Gasteiger partial charge in [-0.15, -0.1) is 10.2 Å². The Kier molecular flexibility index (Phi) is 6.61. The number of aromatic amines is 1. The van der Waals surface area contributed by atoms with Crippen molar-refractivity contribution in [2.75, 3.05) is 13.1 Å². The molecule has 0 bridgehead atoms. The summed E-state index contributed by atoms with van der Waals surface area (Å²) in [6.45, 7) is 1.87. The van der Waals surface area contributed by atoms with Gasteiger partial charge in [-0.05, 0) is 47.2 Å². The zero-order valence-electron chi connectivity index (χ0n) is 16.8. The number of rotatable bonds is 9. The maximum Gasteiger partial charge on any atom is 0.251 e. The van der Waals surface area contributed by atoms with Crippen molar-refractivity contribution >= 4 is 5.91 Å². The fourth-order valence-corrected chi connectivity index (χ4v) is 2.98. The minimum absolute atomic E-state index is 0.144. The lowest BCUT2D eigenvalue weighted by atomic mass is 10.1. The molecule has 4 aromatic rings. The minimum atomic E-state index is -0.144. The number of H-pyrrole nitrogens is 1. The van der Waals surface area contributed by atoms with Crippen LogP contribution in [0.25, 0.3) is 11.4 Å². The summed E-state index contributed by atoms with van der Waals surface area (Å²) in [5, 5.41) is 20.0. The Morgan fingerprint density at radius 3 is 2.48 bits per heavy atom. The number of hydrogen-bond acceptors (Lipinski definition) is 6. The van der Waals surface area contributed by atoms with Crippen LogP contribution in [0, 0.1) is 0 Å². The first-order valence-corrected chi connectivity index (χ1v) is 9.92. The van der Waals surface area contributed by atoms with Crippen LogP contribution >= 0.6 is 0 Å². The number of nitrogens with one attached hydrogen (secondary N) is 3. The van der Waals surface area contributed by atoms with Gasteiger partial charge in [0.05, 0.1) is 0 Å². The van der Waals surface area contributed by atoms with E-state index in [1.807, 2.05) is 60.7 Å². The lowest BCUT2D eigenvalue weighted by Crippen LogP contribution is -2.31.